The van der Waals surface area contributed by atoms with Crippen LogP contribution in [-0.4, -0.2) is 16.7 Å². The summed E-state index contributed by atoms with van der Waals surface area (Å²) >= 11 is 0. The molecule has 0 aliphatic heterocycles. The van der Waals surface area contributed by atoms with Crippen LogP contribution in [0.25, 0.3) is 11.0 Å². The Kier molecular flexibility index (Phi) is 4.45. The predicted octanol–water partition coefficient (Wildman–Crippen LogP) is 3.28. The summed E-state index contributed by atoms with van der Waals surface area (Å²) in [7, 11) is 1.66. The third kappa shape index (κ3) is 2.85. The molecule has 2 aromatic rings. The molecule has 0 amide bonds. The van der Waals surface area contributed by atoms with Gasteiger partial charge in [-0.3, -0.25) is 0 Å². The Bertz CT molecular complexity index is 601. The molecule has 0 fully saturated rings. The number of imidazole rings is 1. The smallest absolute Gasteiger partial charge is 0.127 e. The van der Waals surface area contributed by atoms with E-state index in [1.807, 2.05) is 24.3 Å². The van der Waals surface area contributed by atoms with Gasteiger partial charge in [0, 0.05) is 12.6 Å². The molecule has 1 atom stereocenters. The minimum Gasteiger partial charge on any atom is -0.497 e. The molecule has 0 radical (unpaired) electrons. The Morgan fingerprint density at radius 2 is 2.20 bits per heavy atom. The fourth-order valence-electron chi connectivity index (χ4n) is 2.47. The van der Waals surface area contributed by atoms with Crippen molar-refractivity contribution in [3.05, 3.63) is 36.7 Å². The SMILES string of the molecule is C=CCn1c(C(N)CC(C)C)nc2cc(OC)ccc21. The van der Waals surface area contributed by atoms with Crippen molar-refractivity contribution < 1.29 is 4.74 Å². The predicted molar refractivity (Wildman–Crippen MR) is 82.9 cm³/mol. The zero-order valence-corrected chi connectivity index (χ0v) is 12.5. The summed E-state index contributed by atoms with van der Waals surface area (Å²) in [5, 5.41) is 0. The van der Waals surface area contributed by atoms with Crippen LogP contribution in [0.15, 0.2) is 30.9 Å². The molecule has 20 heavy (non-hydrogen) atoms. The largest absolute Gasteiger partial charge is 0.497 e. The van der Waals surface area contributed by atoms with Crippen molar-refractivity contribution in [3.8, 4) is 5.75 Å². The second-order valence-corrected chi connectivity index (χ2v) is 5.46. The first-order valence-electron chi connectivity index (χ1n) is 6.97. The number of nitrogens with two attached hydrogens (primary N) is 1. The molecule has 0 saturated carbocycles. The molecule has 1 heterocycles. The lowest BCUT2D eigenvalue weighted by atomic mass is 10.0. The fraction of sp³-hybridized carbons (Fsp3) is 0.438. The first-order chi connectivity index (χ1) is 9.56. The van der Waals surface area contributed by atoms with E-state index < -0.39 is 0 Å². The van der Waals surface area contributed by atoms with Crippen molar-refractivity contribution >= 4 is 11.0 Å². The Morgan fingerprint density at radius 3 is 2.80 bits per heavy atom. The zero-order valence-electron chi connectivity index (χ0n) is 12.5. The van der Waals surface area contributed by atoms with Gasteiger partial charge in [-0.1, -0.05) is 19.9 Å². The van der Waals surface area contributed by atoms with Crippen LogP contribution in [0.5, 0.6) is 5.75 Å². The highest BCUT2D eigenvalue weighted by Crippen LogP contribution is 2.26. The van der Waals surface area contributed by atoms with Crippen LogP contribution in [0.1, 0.15) is 32.1 Å². The Morgan fingerprint density at radius 1 is 1.45 bits per heavy atom. The average Bonchev–Trinajstić information content (AvgIpc) is 2.76. The van der Waals surface area contributed by atoms with Gasteiger partial charge in [0.2, 0.25) is 0 Å². The summed E-state index contributed by atoms with van der Waals surface area (Å²) in [4.78, 5) is 4.70. The van der Waals surface area contributed by atoms with E-state index in [4.69, 9.17) is 15.5 Å². The van der Waals surface area contributed by atoms with Gasteiger partial charge < -0.3 is 15.0 Å². The van der Waals surface area contributed by atoms with Gasteiger partial charge in [0.1, 0.15) is 11.6 Å². The maximum atomic E-state index is 6.31. The van der Waals surface area contributed by atoms with Crippen LogP contribution in [0, 0.1) is 5.92 Å². The summed E-state index contributed by atoms with van der Waals surface area (Å²) < 4.78 is 7.39. The highest BCUT2D eigenvalue weighted by atomic mass is 16.5. The number of fused-ring (bicyclic) bond motifs is 1. The maximum Gasteiger partial charge on any atom is 0.127 e. The summed E-state index contributed by atoms with van der Waals surface area (Å²) in [6.45, 7) is 8.88. The first-order valence-corrected chi connectivity index (χ1v) is 6.97. The van der Waals surface area contributed by atoms with E-state index >= 15 is 0 Å². The molecule has 1 aromatic carbocycles. The monoisotopic (exact) mass is 273 g/mol. The van der Waals surface area contributed by atoms with E-state index in [0.29, 0.717) is 12.5 Å². The number of benzene rings is 1. The van der Waals surface area contributed by atoms with Crippen LogP contribution in [0.2, 0.25) is 0 Å². The summed E-state index contributed by atoms with van der Waals surface area (Å²) in [5.41, 5.74) is 8.30. The molecule has 0 aliphatic rings. The molecule has 108 valence electrons. The van der Waals surface area contributed by atoms with Crippen molar-refractivity contribution in [2.45, 2.75) is 32.9 Å². The highest BCUT2D eigenvalue weighted by molar-refractivity contribution is 5.78. The third-order valence-corrected chi connectivity index (χ3v) is 3.35. The van der Waals surface area contributed by atoms with E-state index in [1.165, 1.54) is 0 Å². The molecule has 2 N–H and O–H groups in total. The minimum absolute atomic E-state index is 0.0617. The number of hydrogen-bond donors (Lipinski definition) is 1. The Labute approximate surface area is 120 Å². The van der Waals surface area contributed by atoms with E-state index in [1.54, 1.807) is 7.11 Å². The Hall–Kier alpha value is -1.81. The number of aromatic nitrogens is 2. The third-order valence-electron chi connectivity index (χ3n) is 3.35. The van der Waals surface area contributed by atoms with Gasteiger partial charge >= 0.3 is 0 Å². The lowest BCUT2D eigenvalue weighted by Crippen LogP contribution is -2.18. The van der Waals surface area contributed by atoms with Gasteiger partial charge in [0.15, 0.2) is 0 Å². The van der Waals surface area contributed by atoms with E-state index in [0.717, 1.165) is 29.0 Å². The summed E-state index contributed by atoms with van der Waals surface area (Å²) in [6.07, 6.45) is 2.79. The van der Waals surface area contributed by atoms with E-state index in [2.05, 4.69) is 25.0 Å². The van der Waals surface area contributed by atoms with Crippen molar-refractivity contribution in [3.63, 3.8) is 0 Å². The molecule has 0 bridgehead atoms. The molecule has 4 nitrogen and oxygen atoms in total. The van der Waals surface area contributed by atoms with Gasteiger partial charge in [-0.15, -0.1) is 6.58 Å². The van der Waals surface area contributed by atoms with Crippen LogP contribution in [0.3, 0.4) is 0 Å². The number of hydrogen-bond acceptors (Lipinski definition) is 3. The quantitative estimate of drug-likeness (QED) is 0.822. The number of allylic oxidation sites excluding steroid dienone is 1. The number of ether oxygens (including phenoxy) is 1. The van der Waals surface area contributed by atoms with Gasteiger partial charge in [0.05, 0.1) is 24.2 Å². The van der Waals surface area contributed by atoms with Crippen molar-refractivity contribution in [1.29, 1.82) is 0 Å². The Balaban J connectivity index is 2.51. The van der Waals surface area contributed by atoms with Crippen LogP contribution >= 0.6 is 0 Å². The topological polar surface area (TPSA) is 53.1 Å². The second kappa shape index (κ2) is 6.09. The molecular weight excluding hydrogens is 250 g/mol. The maximum absolute atomic E-state index is 6.31. The molecule has 1 unspecified atom stereocenters. The highest BCUT2D eigenvalue weighted by Gasteiger charge is 2.17. The molecule has 0 saturated heterocycles. The van der Waals surface area contributed by atoms with Gasteiger partial charge in [-0.05, 0) is 24.5 Å². The van der Waals surface area contributed by atoms with Crippen LogP contribution in [0.4, 0.5) is 0 Å². The van der Waals surface area contributed by atoms with Crippen LogP contribution < -0.4 is 10.5 Å². The molecule has 0 aliphatic carbocycles. The fourth-order valence-corrected chi connectivity index (χ4v) is 2.47. The molecule has 4 heteroatoms. The molecule has 1 aromatic heterocycles. The van der Waals surface area contributed by atoms with Crippen LogP contribution in [-0.2, 0) is 6.54 Å². The van der Waals surface area contributed by atoms with Gasteiger partial charge in [-0.25, -0.2) is 4.98 Å². The van der Waals surface area contributed by atoms with Crippen molar-refractivity contribution in [2.75, 3.05) is 7.11 Å². The van der Waals surface area contributed by atoms with Gasteiger partial charge in [-0.2, -0.15) is 0 Å². The van der Waals surface area contributed by atoms with E-state index in [9.17, 15) is 0 Å². The number of rotatable bonds is 6. The molecule has 2 rings (SSSR count). The van der Waals surface area contributed by atoms with Crippen molar-refractivity contribution in [2.24, 2.45) is 11.7 Å². The molecular formula is C16H23N3O. The minimum atomic E-state index is -0.0617. The standard InChI is InChI=1S/C16H23N3O/c1-5-8-19-15-7-6-12(20-4)10-14(15)18-16(19)13(17)9-11(2)3/h5-7,10-11,13H,1,8-9,17H2,2-4H3. The zero-order chi connectivity index (χ0) is 14.7. The lowest BCUT2D eigenvalue weighted by molar-refractivity contribution is 0.415. The lowest BCUT2D eigenvalue weighted by Gasteiger charge is -2.15. The number of methoxy groups -OCH3 is 1. The van der Waals surface area contributed by atoms with Crippen molar-refractivity contribution in [1.82, 2.24) is 9.55 Å². The number of nitrogens with zero attached hydrogens (tertiary/aromatic N) is 2. The normalized spacial score (nSPS) is 12.8. The second-order valence-electron chi connectivity index (χ2n) is 5.46. The van der Waals surface area contributed by atoms with Gasteiger partial charge in [0.25, 0.3) is 0 Å². The molecule has 0 spiro atoms. The first kappa shape index (κ1) is 14.6. The summed E-state index contributed by atoms with van der Waals surface area (Å²) in [6, 6.07) is 5.85. The average molecular weight is 273 g/mol. The summed E-state index contributed by atoms with van der Waals surface area (Å²) in [5.74, 6) is 2.27. The van der Waals surface area contributed by atoms with E-state index in [-0.39, 0.29) is 6.04 Å².